The summed E-state index contributed by atoms with van der Waals surface area (Å²) in [6.45, 7) is 2.13. The number of carbonyl (C=O) groups excluding carboxylic acids is 2. The van der Waals surface area contributed by atoms with E-state index >= 15 is 0 Å². The molecule has 6 heteroatoms. The Balaban J connectivity index is 1.67. The molecule has 0 atom stereocenters. The van der Waals surface area contributed by atoms with Gasteiger partial charge >= 0.3 is 0 Å². The van der Waals surface area contributed by atoms with Gasteiger partial charge in [-0.05, 0) is 49.2 Å². The van der Waals surface area contributed by atoms with Gasteiger partial charge in [0, 0.05) is 43.4 Å². The number of anilines is 2. The zero-order valence-corrected chi connectivity index (χ0v) is 15.9. The minimum atomic E-state index is -0.0947. The first-order valence-corrected chi connectivity index (χ1v) is 9.00. The lowest BCUT2D eigenvalue weighted by Gasteiger charge is -2.17. The largest absolute Gasteiger partial charge is 0.354 e. The van der Waals surface area contributed by atoms with Gasteiger partial charge in [0.15, 0.2) is 5.78 Å². The van der Waals surface area contributed by atoms with Gasteiger partial charge in [-0.15, -0.1) is 0 Å². The zero-order valence-electron chi connectivity index (χ0n) is 15.9. The fraction of sp³-hybridized carbons (Fsp3) is 0.182. The summed E-state index contributed by atoms with van der Waals surface area (Å²) in [6.07, 6.45) is 7.46. The highest BCUT2D eigenvalue weighted by Gasteiger charge is 2.13. The minimum Gasteiger partial charge on any atom is -0.354 e. The van der Waals surface area contributed by atoms with E-state index in [0.29, 0.717) is 23.4 Å². The molecule has 0 unspecified atom stereocenters. The van der Waals surface area contributed by atoms with E-state index in [1.54, 1.807) is 54.9 Å². The Morgan fingerprint density at radius 3 is 2.46 bits per heavy atom. The fourth-order valence-electron chi connectivity index (χ4n) is 2.78. The van der Waals surface area contributed by atoms with Crippen molar-refractivity contribution in [3.8, 4) is 0 Å². The number of Topliss-reactive ketones (excluding diaryl/α,β-unsaturated/α-hetero) is 1. The van der Waals surface area contributed by atoms with Crippen LogP contribution in [0.25, 0.3) is 0 Å². The van der Waals surface area contributed by atoms with E-state index in [2.05, 4.69) is 15.3 Å². The molecule has 0 radical (unpaired) electrons. The molecule has 0 fully saturated rings. The Kier molecular flexibility index (Phi) is 6.11. The van der Waals surface area contributed by atoms with Crippen LogP contribution in [0.3, 0.4) is 0 Å². The number of nitrogens with one attached hydrogen (secondary N) is 1. The standard InChI is InChI=1S/C22H22N4O2/c1-16(27)18-4-3-5-20(12-18)25-21-13-19(14-24-15-21)22(28)26(2)11-8-17-6-9-23-10-7-17/h3-7,9-10,12-15,25H,8,11H2,1-2H3. The van der Waals surface area contributed by atoms with E-state index in [9.17, 15) is 9.59 Å². The first-order chi connectivity index (χ1) is 13.5. The van der Waals surface area contributed by atoms with Crippen LogP contribution in [0.1, 0.15) is 33.2 Å². The number of carbonyl (C=O) groups is 2. The van der Waals surface area contributed by atoms with Crippen molar-refractivity contribution >= 4 is 23.1 Å². The molecule has 0 bridgehead atoms. The predicted octanol–water partition coefficient (Wildman–Crippen LogP) is 3.74. The van der Waals surface area contributed by atoms with Gasteiger partial charge in [-0.25, -0.2) is 0 Å². The van der Waals surface area contributed by atoms with E-state index in [-0.39, 0.29) is 11.7 Å². The summed E-state index contributed by atoms with van der Waals surface area (Å²) in [5, 5.41) is 3.20. The maximum Gasteiger partial charge on any atom is 0.255 e. The monoisotopic (exact) mass is 374 g/mol. The summed E-state index contributed by atoms with van der Waals surface area (Å²) < 4.78 is 0. The van der Waals surface area contributed by atoms with Crippen LogP contribution >= 0.6 is 0 Å². The van der Waals surface area contributed by atoms with Gasteiger partial charge in [-0.1, -0.05) is 12.1 Å². The molecule has 6 nitrogen and oxygen atoms in total. The summed E-state index contributed by atoms with van der Waals surface area (Å²) >= 11 is 0. The van der Waals surface area contributed by atoms with Crippen LogP contribution in [-0.2, 0) is 6.42 Å². The number of amides is 1. The number of pyridine rings is 2. The van der Waals surface area contributed by atoms with Crippen molar-refractivity contribution in [3.63, 3.8) is 0 Å². The Hall–Kier alpha value is -3.54. The van der Waals surface area contributed by atoms with E-state index in [0.717, 1.165) is 17.7 Å². The molecule has 3 rings (SSSR count). The number of ketones is 1. The minimum absolute atomic E-state index is 0.00141. The van der Waals surface area contributed by atoms with E-state index < -0.39 is 0 Å². The number of rotatable bonds is 7. The Bertz CT molecular complexity index is 973. The van der Waals surface area contributed by atoms with Gasteiger partial charge in [-0.2, -0.15) is 0 Å². The van der Waals surface area contributed by atoms with Crippen LogP contribution in [0.4, 0.5) is 11.4 Å². The maximum absolute atomic E-state index is 12.7. The van der Waals surface area contributed by atoms with E-state index in [1.165, 1.54) is 6.92 Å². The number of hydrogen-bond acceptors (Lipinski definition) is 5. The number of aromatic nitrogens is 2. The first kappa shape index (κ1) is 19.2. The van der Waals surface area contributed by atoms with Crippen molar-refractivity contribution in [1.29, 1.82) is 0 Å². The SMILES string of the molecule is CC(=O)c1cccc(Nc2cncc(C(=O)N(C)CCc3ccncc3)c2)c1. The molecular weight excluding hydrogens is 352 g/mol. The second-order valence-corrected chi connectivity index (χ2v) is 6.56. The van der Waals surface area contributed by atoms with Crippen LogP contribution in [0.15, 0.2) is 67.3 Å². The summed E-state index contributed by atoms with van der Waals surface area (Å²) in [6, 6.07) is 12.9. The highest BCUT2D eigenvalue weighted by atomic mass is 16.2. The van der Waals surface area contributed by atoms with Crippen molar-refractivity contribution in [3.05, 3.63) is 83.9 Å². The molecule has 1 N–H and O–H groups in total. The van der Waals surface area contributed by atoms with Crippen LogP contribution in [0, 0.1) is 0 Å². The second kappa shape index (κ2) is 8.90. The quantitative estimate of drug-likeness (QED) is 0.638. The van der Waals surface area contributed by atoms with Gasteiger partial charge < -0.3 is 10.2 Å². The van der Waals surface area contributed by atoms with Crippen molar-refractivity contribution in [2.24, 2.45) is 0 Å². The average Bonchev–Trinajstić information content (AvgIpc) is 2.72. The van der Waals surface area contributed by atoms with E-state index in [4.69, 9.17) is 0 Å². The summed E-state index contributed by atoms with van der Waals surface area (Å²) in [4.78, 5) is 34.1. The van der Waals surface area contributed by atoms with Crippen molar-refractivity contribution in [2.45, 2.75) is 13.3 Å². The molecular formula is C22H22N4O2. The third kappa shape index (κ3) is 5.01. The molecule has 1 amide bonds. The molecule has 2 heterocycles. The van der Waals surface area contributed by atoms with Crippen LogP contribution in [0.2, 0.25) is 0 Å². The Morgan fingerprint density at radius 2 is 1.71 bits per heavy atom. The lowest BCUT2D eigenvalue weighted by atomic mass is 10.1. The van der Waals surface area contributed by atoms with Crippen molar-refractivity contribution in [1.82, 2.24) is 14.9 Å². The van der Waals surface area contributed by atoms with Gasteiger partial charge in [0.2, 0.25) is 0 Å². The predicted molar refractivity (Wildman–Crippen MR) is 109 cm³/mol. The van der Waals surface area contributed by atoms with Gasteiger partial charge in [0.25, 0.3) is 5.91 Å². The van der Waals surface area contributed by atoms with Gasteiger partial charge in [0.05, 0.1) is 17.4 Å². The summed E-state index contributed by atoms with van der Waals surface area (Å²) in [5.74, 6) is -0.0933. The smallest absolute Gasteiger partial charge is 0.255 e. The third-order valence-corrected chi connectivity index (χ3v) is 4.37. The molecule has 3 aromatic rings. The van der Waals surface area contributed by atoms with Crippen LogP contribution < -0.4 is 5.32 Å². The zero-order chi connectivity index (χ0) is 19.9. The third-order valence-electron chi connectivity index (χ3n) is 4.37. The molecule has 2 aromatic heterocycles. The molecule has 0 aliphatic carbocycles. The molecule has 0 aliphatic rings. The average molecular weight is 374 g/mol. The Labute approximate surface area is 164 Å². The molecule has 0 spiro atoms. The lowest BCUT2D eigenvalue weighted by Crippen LogP contribution is -2.29. The number of likely N-dealkylation sites (N-methyl/N-ethyl adjacent to an activating group) is 1. The van der Waals surface area contributed by atoms with Crippen LogP contribution in [0.5, 0.6) is 0 Å². The van der Waals surface area contributed by atoms with Gasteiger partial charge in [-0.3, -0.25) is 19.6 Å². The summed E-state index contributed by atoms with van der Waals surface area (Å²) in [7, 11) is 1.78. The molecule has 28 heavy (non-hydrogen) atoms. The first-order valence-electron chi connectivity index (χ1n) is 9.00. The highest BCUT2D eigenvalue weighted by Crippen LogP contribution is 2.19. The number of hydrogen-bond donors (Lipinski definition) is 1. The second-order valence-electron chi connectivity index (χ2n) is 6.56. The Morgan fingerprint density at radius 1 is 0.964 bits per heavy atom. The molecule has 1 aromatic carbocycles. The number of nitrogens with zero attached hydrogens (tertiary/aromatic N) is 3. The number of benzene rings is 1. The topological polar surface area (TPSA) is 75.2 Å². The lowest BCUT2D eigenvalue weighted by molar-refractivity contribution is 0.0796. The van der Waals surface area contributed by atoms with E-state index in [1.807, 2.05) is 24.3 Å². The molecule has 0 saturated heterocycles. The molecule has 0 aliphatic heterocycles. The van der Waals surface area contributed by atoms with Crippen molar-refractivity contribution in [2.75, 3.05) is 18.9 Å². The molecule has 0 saturated carbocycles. The highest BCUT2D eigenvalue weighted by molar-refractivity contribution is 5.96. The normalized spacial score (nSPS) is 10.4. The van der Waals surface area contributed by atoms with Crippen LogP contribution in [-0.4, -0.2) is 40.2 Å². The summed E-state index contributed by atoms with van der Waals surface area (Å²) in [5.41, 5.74) is 3.72. The van der Waals surface area contributed by atoms with Gasteiger partial charge in [0.1, 0.15) is 0 Å². The maximum atomic E-state index is 12.7. The van der Waals surface area contributed by atoms with Crippen molar-refractivity contribution < 1.29 is 9.59 Å². The fourth-order valence-corrected chi connectivity index (χ4v) is 2.78. The molecule has 142 valence electrons.